The average Bonchev–Trinajstić information content (AvgIpc) is 2.31. The fourth-order valence-corrected chi connectivity index (χ4v) is 1.30. The Morgan fingerprint density at radius 3 is 2.42 bits per heavy atom. The molecule has 0 aliphatic rings. The number of aromatic amines is 1. The van der Waals surface area contributed by atoms with Crippen LogP contribution in [0.25, 0.3) is 0 Å². The molecular weight excluding hydrogens is 172 g/mol. The Morgan fingerprint density at radius 1 is 1.50 bits per heavy atom. The van der Waals surface area contributed by atoms with Gasteiger partial charge < -0.3 is 0 Å². The second-order valence-electron chi connectivity index (χ2n) is 4.18. The Balaban J connectivity index is 2.92. The van der Waals surface area contributed by atoms with Crippen molar-refractivity contribution in [3.63, 3.8) is 0 Å². The van der Waals surface area contributed by atoms with Crippen LogP contribution in [0.5, 0.6) is 0 Å². The maximum atomic E-state index is 6.28. The normalized spacial score (nSPS) is 14.8. The fourth-order valence-electron chi connectivity index (χ4n) is 1.08. The summed E-state index contributed by atoms with van der Waals surface area (Å²) in [6.07, 6.45) is 3.87. The van der Waals surface area contributed by atoms with Gasteiger partial charge in [-0.1, -0.05) is 20.8 Å². The van der Waals surface area contributed by atoms with Gasteiger partial charge in [0, 0.05) is 0 Å². The molecule has 1 unspecified atom stereocenters. The van der Waals surface area contributed by atoms with Crippen LogP contribution in [0.4, 0.5) is 0 Å². The summed E-state index contributed by atoms with van der Waals surface area (Å²) in [5, 5.41) is 0.0255. The van der Waals surface area contributed by atoms with Gasteiger partial charge in [0.2, 0.25) is 0 Å². The number of halogens is 1. The third kappa shape index (κ3) is 1.81. The lowest BCUT2D eigenvalue weighted by molar-refractivity contribution is -0.678. The number of alkyl halides is 1. The molecule has 3 heteroatoms. The van der Waals surface area contributed by atoms with Crippen molar-refractivity contribution in [1.82, 2.24) is 4.98 Å². The number of H-pyrrole nitrogens is 1. The van der Waals surface area contributed by atoms with Crippen LogP contribution < -0.4 is 4.57 Å². The van der Waals surface area contributed by atoms with Gasteiger partial charge >= 0.3 is 0 Å². The van der Waals surface area contributed by atoms with Crippen LogP contribution in [0.3, 0.4) is 0 Å². The summed E-state index contributed by atoms with van der Waals surface area (Å²) in [4.78, 5) is 3.14. The monoisotopic (exact) mass is 187 g/mol. The molecular formula is C9H16ClN2+. The quantitative estimate of drug-likeness (QED) is 0.514. The van der Waals surface area contributed by atoms with Gasteiger partial charge in [0.25, 0.3) is 5.82 Å². The zero-order chi connectivity index (χ0) is 9.35. The molecule has 0 bridgehead atoms. The third-order valence-corrected chi connectivity index (χ3v) is 2.77. The van der Waals surface area contributed by atoms with E-state index in [1.165, 1.54) is 0 Å². The van der Waals surface area contributed by atoms with E-state index in [4.69, 9.17) is 11.6 Å². The van der Waals surface area contributed by atoms with Gasteiger partial charge in [0.05, 0.1) is 7.05 Å². The summed E-state index contributed by atoms with van der Waals surface area (Å²) in [6.45, 7) is 6.39. The highest BCUT2D eigenvalue weighted by Gasteiger charge is 2.30. The van der Waals surface area contributed by atoms with Crippen molar-refractivity contribution in [1.29, 1.82) is 0 Å². The maximum absolute atomic E-state index is 6.28. The van der Waals surface area contributed by atoms with Gasteiger partial charge in [-0.2, -0.15) is 0 Å². The average molecular weight is 188 g/mol. The van der Waals surface area contributed by atoms with Gasteiger partial charge in [0.1, 0.15) is 17.8 Å². The first-order valence-electron chi connectivity index (χ1n) is 4.10. The molecule has 0 aromatic carbocycles. The summed E-state index contributed by atoms with van der Waals surface area (Å²) in [5.74, 6) is 1.06. The number of hydrogen-bond donors (Lipinski definition) is 1. The fraction of sp³-hybridized carbons (Fsp3) is 0.667. The number of nitrogens with one attached hydrogen (secondary N) is 1. The van der Waals surface area contributed by atoms with E-state index in [2.05, 4.69) is 25.8 Å². The van der Waals surface area contributed by atoms with Crippen LogP contribution in [0.2, 0.25) is 0 Å². The lowest BCUT2D eigenvalue weighted by Gasteiger charge is -2.21. The summed E-state index contributed by atoms with van der Waals surface area (Å²) < 4.78 is 2.02. The van der Waals surface area contributed by atoms with Crippen LogP contribution in [-0.4, -0.2) is 4.98 Å². The van der Waals surface area contributed by atoms with Crippen molar-refractivity contribution >= 4 is 11.6 Å². The van der Waals surface area contributed by atoms with E-state index >= 15 is 0 Å². The molecule has 0 amide bonds. The van der Waals surface area contributed by atoms with Crippen molar-refractivity contribution in [2.75, 3.05) is 0 Å². The highest BCUT2D eigenvalue weighted by Crippen LogP contribution is 2.35. The second kappa shape index (κ2) is 3.09. The number of imidazole rings is 1. The Labute approximate surface area is 78.6 Å². The van der Waals surface area contributed by atoms with Gasteiger partial charge in [-0.3, -0.25) is 0 Å². The van der Waals surface area contributed by atoms with Crippen molar-refractivity contribution in [3.05, 3.63) is 18.2 Å². The molecule has 1 atom stereocenters. The molecule has 1 aromatic rings. The molecule has 2 nitrogen and oxygen atoms in total. The Bertz CT molecular complexity index is 260. The van der Waals surface area contributed by atoms with E-state index in [0.717, 1.165) is 5.82 Å². The zero-order valence-electron chi connectivity index (χ0n) is 8.06. The molecule has 1 heterocycles. The molecule has 0 fully saturated rings. The molecule has 0 aliphatic heterocycles. The minimum atomic E-state index is 0.0255. The second-order valence-corrected chi connectivity index (χ2v) is 4.62. The minimum absolute atomic E-state index is 0.0255. The number of aromatic nitrogens is 2. The first kappa shape index (κ1) is 9.59. The minimum Gasteiger partial charge on any atom is -0.246 e. The summed E-state index contributed by atoms with van der Waals surface area (Å²) in [5.41, 5.74) is 0.0875. The molecule has 0 saturated carbocycles. The van der Waals surface area contributed by atoms with E-state index in [1.807, 2.05) is 24.0 Å². The highest BCUT2D eigenvalue weighted by molar-refractivity contribution is 6.20. The largest absolute Gasteiger partial charge is 0.272 e. The number of rotatable bonds is 1. The topological polar surface area (TPSA) is 19.7 Å². The van der Waals surface area contributed by atoms with Gasteiger partial charge in [-0.05, 0) is 5.41 Å². The molecule has 0 aliphatic carbocycles. The summed E-state index contributed by atoms with van der Waals surface area (Å²) in [7, 11) is 1.99. The lowest BCUT2D eigenvalue weighted by atomic mass is 9.91. The Hall–Kier alpha value is -0.500. The van der Waals surface area contributed by atoms with Crippen LogP contribution >= 0.6 is 11.6 Å². The van der Waals surface area contributed by atoms with Gasteiger partial charge in [-0.15, -0.1) is 11.6 Å². The number of aryl methyl sites for hydroxylation is 1. The number of hydrogen-bond acceptors (Lipinski definition) is 0. The van der Waals surface area contributed by atoms with Gasteiger partial charge in [0.15, 0.2) is 0 Å². The van der Waals surface area contributed by atoms with Gasteiger partial charge in [-0.25, -0.2) is 9.55 Å². The van der Waals surface area contributed by atoms with Crippen molar-refractivity contribution in [3.8, 4) is 0 Å². The van der Waals surface area contributed by atoms with Crippen molar-refractivity contribution < 1.29 is 4.57 Å². The Morgan fingerprint density at radius 2 is 2.08 bits per heavy atom. The van der Waals surface area contributed by atoms with E-state index in [1.54, 1.807) is 0 Å². The molecule has 0 radical (unpaired) electrons. The molecule has 1 N–H and O–H groups in total. The predicted molar refractivity (Wildman–Crippen MR) is 50.0 cm³/mol. The van der Waals surface area contributed by atoms with Crippen LogP contribution in [0.1, 0.15) is 32.0 Å². The van der Waals surface area contributed by atoms with E-state index in [-0.39, 0.29) is 10.8 Å². The van der Waals surface area contributed by atoms with Crippen molar-refractivity contribution in [2.45, 2.75) is 26.1 Å². The molecule has 0 spiro atoms. The van der Waals surface area contributed by atoms with Crippen LogP contribution in [-0.2, 0) is 7.05 Å². The zero-order valence-corrected chi connectivity index (χ0v) is 8.81. The highest BCUT2D eigenvalue weighted by atomic mass is 35.5. The maximum Gasteiger partial charge on any atom is 0.272 e. The van der Waals surface area contributed by atoms with Crippen molar-refractivity contribution in [2.24, 2.45) is 12.5 Å². The molecule has 0 saturated heterocycles. The number of nitrogens with zero attached hydrogens (tertiary/aromatic N) is 1. The molecule has 12 heavy (non-hydrogen) atoms. The molecule has 68 valence electrons. The first-order valence-corrected chi connectivity index (χ1v) is 4.53. The lowest BCUT2D eigenvalue weighted by Crippen LogP contribution is -2.34. The predicted octanol–water partition coefficient (Wildman–Crippen LogP) is 2.17. The third-order valence-electron chi connectivity index (χ3n) is 1.91. The smallest absolute Gasteiger partial charge is 0.246 e. The van der Waals surface area contributed by atoms with E-state index in [0.29, 0.717) is 0 Å². The summed E-state index contributed by atoms with van der Waals surface area (Å²) in [6, 6.07) is 0. The Kier molecular flexibility index (Phi) is 2.47. The van der Waals surface area contributed by atoms with E-state index < -0.39 is 0 Å². The van der Waals surface area contributed by atoms with E-state index in [9.17, 15) is 0 Å². The van der Waals surface area contributed by atoms with Crippen LogP contribution in [0.15, 0.2) is 12.4 Å². The molecule has 1 rings (SSSR count). The SMILES string of the molecule is C[n+]1cc[nH]c1C(Cl)C(C)(C)C. The standard InChI is InChI=1S/C9H15ClN2/c1-9(2,3)7(10)8-11-5-6-12(8)4/h5-7H,1-4H3/p+1. The summed E-state index contributed by atoms with van der Waals surface area (Å²) >= 11 is 6.28. The molecule has 1 aromatic heterocycles. The van der Waals surface area contributed by atoms with Crippen LogP contribution in [0, 0.1) is 5.41 Å². The first-order chi connectivity index (χ1) is 5.43.